The summed E-state index contributed by atoms with van der Waals surface area (Å²) in [5, 5.41) is 3.14. The van der Waals surface area contributed by atoms with Crippen molar-refractivity contribution in [2.75, 3.05) is 25.5 Å². The second-order valence-electron chi connectivity index (χ2n) is 6.60. The number of guanidine groups is 1. The molecule has 0 saturated carbocycles. The van der Waals surface area contributed by atoms with Crippen LogP contribution in [0.3, 0.4) is 0 Å². The summed E-state index contributed by atoms with van der Waals surface area (Å²) in [5.41, 5.74) is 9.84. The van der Waals surface area contributed by atoms with Crippen molar-refractivity contribution in [1.82, 2.24) is 4.90 Å². The second kappa shape index (κ2) is 8.72. The van der Waals surface area contributed by atoms with E-state index in [4.69, 9.17) is 10.5 Å². The highest BCUT2D eigenvalue weighted by molar-refractivity contribution is 5.93. The number of para-hydroxylation sites is 2. The molecule has 2 aromatic carbocycles. The standard InChI is InChI=1S/C21H28N4O/c1-3-18(25-13-12-16-8-4-5-9-17(16)15-25)14-23-21(22)24-19-10-6-7-11-20(19)26-2/h4-11,18H,3,12-15H2,1-2H3,(H3,22,23,24). The summed E-state index contributed by atoms with van der Waals surface area (Å²) >= 11 is 0. The van der Waals surface area contributed by atoms with E-state index >= 15 is 0 Å². The van der Waals surface area contributed by atoms with E-state index in [2.05, 4.69) is 46.4 Å². The summed E-state index contributed by atoms with van der Waals surface area (Å²) in [5.74, 6) is 1.18. The number of ether oxygens (including phenoxy) is 1. The predicted octanol–water partition coefficient (Wildman–Crippen LogP) is 3.26. The molecular weight excluding hydrogens is 324 g/mol. The number of rotatable bonds is 6. The van der Waals surface area contributed by atoms with Gasteiger partial charge in [-0.1, -0.05) is 43.3 Å². The van der Waals surface area contributed by atoms with E-state index in [1.807, 2.05) is 24.3 Å². The van der Waals surface area contributed by atoms with Gasteiger partial charge in [0, 0.05) is 19.1 Å². The van der Waals surface area contributed by atoms with E-state index in [1.54, 1.807) is 7.11 Å². The first-order valence-corrected chi connectivity index (χ1v) is 9.22. The number of aliphatic imine (C=N–C) groups is 1. The Balaban J connectivity index is 1.62. The van der Waals surface area contributed by atoms with Crippen molar-refractivity contribution < 1.29 is 4.74 Å². The van der Waals surface area contributed by atoms with Gasteiger partial charge < -0.3 is 15.8 Å². The van der Waals surface area contributed by atoms with Crippen LogP contribution >= 0.6 is 0 Å². The summed E-state index contributed by atoms with van der Waals surface area (Å²) in [6, 6.07) is 16.8. The van der Waals surface area contributed by atoms with E-state index in [0.29, 0.717) is 18.5 Å². The van der Waals surface area contributed by atoms with Gasteiger partial charge in [-0.3, -0.25) is 9.89 Å². The lowest BCUT2D eigenvalue weighted by molar-refractivity contribution is 0.178. The SMILES string of the molecule is CCC(CN=C(N)Nc1ccccc1OC)N1CCc2ccccc2C1. The Kier molecular flexibility index (Phi) is 6.12. The Bertz CT molecular complexity index is 759. The van der Waals surface area contributed by atoms with Gasteiger partial charge in [-0.25, -0.2) is 0 Å². The maximum absolute atomic E-state index is 6.10. The molecule has 0 radical (unpaired) electrons. The third-order valence-corrected chi connectivity index (χ3v) is 4.99. The number of hydrogen-bond donors (Lipinski definition) is 2. The summed E-state index contributed by atoms with van der Waals surface area (Å²) < 4.78 is 5.34. The fourth-order valence-corrected chi connectivity index (χ4v) is 3.46. The largest absolute Gasteiger partial charge is 0.495 e. The zero-order chi connectivity index (χ0) is 18.4. The normalized spacial score (nSPS) is 16.0. The highest BCUT2D eigenvalue weighted by Gasteiger charge is 2.22. The third-order valence-electron chi connectivity index (χ3n) is 4.99. The molecule has 1 heterocycles. The Hall–Kier alpha value is -2.53. The van der Waals surface area contributed by atoms with Crippen molar-refractivity contribution in [3.63, 3.8) is 0 Å². The minimum absolute atomic E-state index is 0.390. The number of hydrogen-bond acceptors (Lipinski definition) is 3. The van der Waals surface area contributed by atoms with Gasteiger partial charge in [0.1, 0.15) is 5.75 Å². The molecule has 0 fully saturated rings. The lowest BCUT2D eigenvalue weighted by Crippen LogP contribution is -2.41. The summed E-state index contributed by atoms with van der Waals surface area (Å²) in [6.45, 7) is 4.96. The van der Waals surface area contributed by atoms with Gasteiger partial charge in [0.15, 0.2) is 5.96 Å². The topological polar surface area (TPSA) is 62.9 Å². The quantitative estimate of drug-likeness (QED) is 0.619. The minimum Gasteiger partial charge on any atom is -0.495 e. The molecule has 5 nitrogen and oxygen atoms in total. The number of nitrogens with one attached hydrogen (secondary N) is 1. The van der Waals surface area contributed by atoms with Crippen molar-refractivity contribution in [1.29, 1.82) is 0 Å². The van der Waals surface area contributed by atoms with E-state index in [1.165, 1.54) is 11.1 Å². The summed E-state index contributed by atoms with van der Waals surface area (Å²) in [4.78, 5) is 7.10. The molecule has 2 aromatic rings. The van der Waals surface area contributed by atoms with Gasteiger partial charge in [-0.05, 0) is 36.1 Å². The minimum atomic E-state index is 0.390. The van der Waals surface area contributed by atoms with Crippen molar-refractivity contribution in [3.05, 3.63) is 59.7 Å². The smallest absolute Gasteiger partial charge is 0.193 e. The van der Waals surface area contributed by atoms with Gasteiger partial charge in [0.05, 0.1) is 19.3 Å². The van der Waals surface area contributed by atoms with Crippen LogP contribution in [-0.4, -0.2) is 37.1 Å². The Morgan fingerprint density at radius 1 is 1.19 bits per heavy atom. The van der Waals surface area contributed by atoms with Gasteiger partial charge in [-0.2, -0.15) is 0 Å². The van der Waals surface area contributed by atoms with Crippen molar-refractivity contribution in [2.45, 2.75) is 32.4 Å². The Morgan fingerprint density at radius 2 is 1.92 bits per heavy atom. The average molecular weight is 352 g/mol. The average Bonchev–Trinajstić information content (AvgIpc) is 2.68. The van der Waals surface area contributed by atoms with Crippen LogP contribution in [0.1, 0.15) is 24.5 Å². The van der Waals surface area contributed by atoms with Crippen molar-refractivity contribution in [2.24, 2.45) is 10.7 Å². The molecule has 3 rings (SSSR count). The molecule has 1 atom stereocenters. The molecule has 1 unspecified atom stereocenters. The lowest BCUT2D eigenvalue weighted by Gasteiger charge is -2.34. The van der Waals surface area contributed by atoms with Crippen LogP contribution in [0, 0.1) is 0 Å². The van der Waals surface area contributed by atoms with Gasteiger partial charge in [0.25, 0.3) is 0 Å². The monoisotopic (exact) mass is 352 g/mol. The molecule has 0 amide bonds. The van der Waals surface area contributed by atoms with Crippen LogP contribution in [0.5, 0.6) is 5.75 Å². The summed E-state index contributed by atoms with van der Waals surface area (Å²) in [6.07, 6.45) is 2.15. The fraction of sp³-hybridized carbons (Fsp3) is 0.381. The number of anilines is 1. The highest BCUT2D eigenvalue weighted by atomic mass is 16.5. The molecular formula is C21H28N4O. The number of benzene rings is 2. The number of nitrogens with zero attached hydrogens (tertiary/aromatic N) is 2. The molecule has 0 aromatic heterocycles. The van der Waals surface area contributed by atoms with E-state index in [0.717, 1.165) is 37.4 Å². The zero-order valence-corrected chi connectivity index (χ0v) is 15.6. The van der Waals surface area contributed by atoms with Gasteiger partial charge in [0.2, 0.25) is 0 Å². The van der Waals surface area contributed by atoms with Crippen LogP contribution in [0.15, 0.2) is 53.5 Å². The Labute approximate surface area is 155 Å². The first-order chi connectivity index (χ1) is 12.7. The lowest BCUT2D eigenvalue weighted by atomic mass is 9.98. The van der Waals surface area contributed by atoms with Crippen LogP contribution in [0.25, 0.3) is 0 Å². The number of methoxy groups -OCH3 is 1. The maximum atomic E-state index is 6.10. The van der Waals surface area contributed by atoms with Crippen LogP contribution < -0.4 is 15.8 Å². The highest BCUT2D eigenvalue weighted by Crippen LogP contribution is 2.23. The number of nitrogens with two attached hydrogens (primary N) is 1. The maximum Gasteiger partial charge on any atom is 0.193 e. The molecule has 1 aliphatic heterocycles. The Morgan fingerprint density at radius 3 is 2.69 bits per heavy atom. The summed E-state index contributed by atoms with van der Waals surface area (Å²) in [7, 11) is 1.65. The second-order valence-corrected chi connectivity index (χ2v) is 6.60. The van der Waals surface area contributed by atoms with Crippen LogP contribution in [0.4, 0.5) is 5.69 Å². The fourth-order valence-electron chi connectivity index (χ4n) is 3.46. The molecule has 138 valence electrons. The van der Waals surface area contributed by atoms with Crippen molar-refractivity contribution in [3.8, 4) is 5.75 Å². The first-order valence-electron chi connectivity index (χ1n) is 9.22. The predicted molar refractivity (Wildman–Crippen MR) is 108 cm³/mol. The van der Waals surface area contributed by atoms with Crippen LogP contribution in [-0.2, 0) is 13.0 Å². The van der Waals surface area contributed by atoms with E-state index in [9.17, 15) is 0 Å². The zero-order valence-electron chi connectivity index (χ0n) is 15.6. The van der Waals surface area contributed by atoms with E-state index in [-0.39, 0.29) is 0 Å². The number of fused-ring (bicyclic) bond motifs is 1. The molecule has 1 aliphatic rings. The van der Waals surface area contributed by atoms with Crippen LogP contribution in [0.2, 0.25) is 0 Å². The molecule has 0 bridgehead atoms. The van der Waals surface area contributed by atoms with Gasteiger partial charge in [-0.15, -0.1) is 0 Å². The molecule has 26 heavy (non-hydrogen) atoms. The third kappa shape index (κ3) is 4.35. The molecule has 5 heteroatoms. The van der Waals surface area contributed by atoms with E-state index < -0.39 is 0 Å². The first kappa shape index (κ1) is 18.3. The van der Waals surface area contributed by atoms with Crippen molar-refractivity contribution >= 4 is 11.6 Å². The van der Waals surface area contributed by atoms with Gasteiger partial charge >= 0.3 is 0 Å². The molecule has 0 spiro atoms. The molecule has 0 aliphatic carbocycles. The molecule has 3 N–H and O–H groups in total. The molecule has 0 saturated heterocycles.